The summed E-state index contributed by atoms with van der Waals surface area (Å²) in [6.07, 6.45) is 0.233. The molecule has 0 aromatic carbocycles. The van der Waals surface area contributed by atoms with Crippen LogP contribution in [0, 0.1) is 5.92 Å². The van der Waals surface area contributed by atoms with Crippen molar-refractivity contribution in [2.75, 3.05) is 6.54 Å². The highest BCUT2D eigenvalue weighted by Crippen LogP contribution is 2.12. The van der Waals surface area contributed by atoms with Gasteiger partial charge in [0.15, 0.2) is 0 Å². The number of aliphatic hydroxyl groups is 1. The van der Waals surface area contributed by atoms with Crippen LogP contribution in [-0.2, 0) is 4.79 Å². The number of β-lactam (4-membered cyclic amide) rings is 1. The summed E-state index contributed by atoms with van der Waals surface area (Å²) < 4.78 is 0. The summed E-state index contributed by atoms with van der Waals surface area (Å²) in [5.74, 6) is -0.139. The number of hydrogen-bond acceptors (Lipinski definition) is 2. The first kappa shape index (κ1) is 6.55. The molecule has 1 aliphatic heterocycles. The minimum atomic E-state index is -0.432. The summed E-state index contributed by atoms with van der Waals surface area (Å²) >= 11 is 0. The van der Waals surface area contributed by atoms with Crippen LogP contribution in [0.2, 0.25) is 0 Å². The van der Waals surface area contributed by atoms with Crippen LogP contribution in [-0.4, -0.2) is 23.7 Å². The van der Waals surface area contributed by atoms with Crippen molar-refractivity contribution in [3.63, 3.8) is 0 Å². The highest BCUT2D eigenvalue weighted by molar-refractivity contribution is 5.84. The predicted molar refractivity (Wildman–Crippen MR) is 32.8 cm³/mol. The molecule has 1 heterocycles. The van der Waals surface area contributed by atoms with Gasteiger partial charge in [-0.2, -0.15) is 0 Å². The van der Waals surface area contributed by atoms with Crippen molar-refractivity contribution < 1.29 is 9.90 Å². The summed E-state index contributed by atoms with van der Waals surface area (Å²) in [4.78, 5) is 10.6. The zero-order valence-corrected chi connectivity index (χ0v) is 5.42. The highest BCUT2D eigenvalue weighted by atomic mass is 16.3. The van der Waals surface area contributed by atoms with E-state index in [-0.39, 0.29) is 11.8 Å². The van der Waals surface area contributed by atoms with Crippen LogP contribution in [0.4, 0.5) is 0 Å². The minimum absolute atomic E-state index is 0.00986. The second-order valence-corrected chi connectivity index (χ2v) is 2.33. The van der Waals surface area contributed by atoms with Crippen molar-refractivity contribution in [2.24, 2.45) is 5.92 Å². The first-order chi connectivity index (χ1) is 4.25. The zero-order chi connectivity index (χ0) is 6.85. The fourth-order valence-corrected chi connectivity index (χ4v) is 0.899. The van der Waals surface area contributed by atoms with E-state index in [9.17, 15) is 4.79 Å². The van der Waals surface area contributed by atoms with Gasteiger partial charge in [-0.05, 0) is 6.42 Å². The van der Waals surface area contributed by atoms with Gasteiger partial charge in [-0.15, -0.1) is 0 Å². The van der Waals surface area contributed by atoms with Crippen LogP contribution >= 0.6 is 0 Å². The Morgan fingerprint density at radius 3 is 2.78 bits per heavy atom. The van der Waals surface area contributed by atoms with Crippen LogP contribution in [0.15, 0.2) is 0 Å². The van der Waals surface area contributed by atoms with Gasteiger partial charge < -0.3 is 10.4 Å². The molecule has 2 atom stereocenters. The van der Waals surface area contributed by atoms with E-state index in [2.05, 4.69) is 5.32 Å². The van der Waals surface area contributed by atoms with Gasteiger partial charge in [-0.25, -0.2) is 0 Å². The molecule has 0 aliphatic carbocycles. The monoisotopic (exact) mass is 129 g/mol. The molecule has 1 aliphatic rings. The van der Waals surface area contributed by atoms with Gasteiger partial charge in [0.2, 0.25) is 5.91 Å². The lowest BCUT2D eigenvalue weighted by Gasteiger charge is -2.29. The molecule has 3 nitrogen and oxygen atoms in total. The summed E-state index contributed by atoms with van der Waals surface area (Å²) in [5.41, 5.74) is 0. The highest BCUT2D eigenvalue weighted by Gasteiger charge is 2.32. The van der Waals surface area contributed by atoms with E-state index in [1.165, 1.54) is 0 Å². The number of rotatable bonds is 2. The van der Waals surface area contributed by atoms with Crippen LogP contribution < -0.4 is 5.32 Å². The van der Waals surface area contributed by atoms with Crippen molar-refractivity contribution in [2.45, 2.75) is 19.4 Å². The van der Waals surface area contributed by atoms with Crippen molar-refractivity contribution in [3.05, 3.63) is 0 Å². The van der Waals surface area contributed by atoms with Crippen LogP contribution in [0.25, 0.3) is 0 Å². The van der Waals surface area contributed by atoms with Gasteiger partial charge in [0.1, 0.15) is 0 Å². The van der Waals surface area contributed by atoms with Gasteiger partial charge in [0, 0.05) is 6.54 Å². The number of hydrogen-bond donors (Lipinski definition) is 2. The zero-order valence-electron chi connectivity index (χ0n) is 5.42. The largest absolute Gasteiger partial charge is 0.392 e. The Morgan fingerprint density at radius 1 is 2.00 bits per heavy atom. The van der Waals surface area contributed by atoms with Gasteiger partial charge in [-0.3, -0.25) is 4.79 Å². The Hall–Kier alpha value is -0.570. The average Bonchev–Trinajstić information content (AvgIpc) is 1.84. The minimum Gasteiger partial charge on any atom is -0.392 e. The molecular weight excluding hydrogens is 118 g/mol. The number of carbonyl (C=O) groups excluding carboxylic acids is 1. The number of nitrogens with one attached hydrogen (secondary N) is 1. The predicted octanol–water partition coefficient (Wildman–Crippen LogP) is -0.497. The third-order valence-electron chi connectivity index (χ3n) is 1.72. The Labute approximate surface area is 54.1 Å². The van der Waals surface area contributed by atoms with E-state index in [1.807, 2.05) is 6.92 Å². The quantitative estimate of drug-likeness (QED) is 0.494. The maximum atomic E-state index is 10.6. The normalized spacial score (nSPS) is 28.7. The molecule has 9 heavy (non-hydrogen) atoms. The molecule has 1 saturated heterocycles. The van der Waals surface area contributed by atoms with E-state index in [4.69, 9.17) is 5.11 Å². The van der Waals surface area contributed by atoms with Gasteiger partial charge in [0.25, 0.3) is 0 Å². The molecule has 0 bridgehead atoms. The third kappa shape index (κ3) is 1.05. The molecule has 1 fully saturated rings. The van der Waals surface area contributed by atoms with Crippen molar-refractivity contribution in [1.82, 2.24) is 5.32 Å². The van der Waals surface area contributed by atoms with Crippen LogP contribution in [0.1, 0.15) is 13.3 Å². The molecule has 0 aromatic heterocycles. The fourth-order valence-electron chi connectivity index (χ4n) is 0.899. The molecule has 2 N–H and O–H groups in total. The molecule has 0 spiro atoms. The first-order valence-electron chi connectivity index (χ1n) is 3.21. The second kappa shape index (κ2) is 2.35. The molecule has 2 unspecified atom stereocenters. The first-order valence-corrected chi connectivity index (χ1v) is 3.21. The molecule has 1 rings (SSSR count). The van der Waals surface area contributed by atoms with Gasteiger partial charge >= 0.3 is 0 Å². The Bertz CT molecular complexity index is 124. The average molecular weight is 129 g/mol. The lowest BCUT2D eigenvalue weighted by Crippen LogP contribution is -2.53. The molecule has 52 valence electrons. The third-order valence-corrected chi connectivity index (χ3v) is 1.72. The van der Waals surface area contributed by atoms with E-state index in [1.54, 1.807) is 0 Å². The molecule has 0 aromatic rings. The van der Waals surface area contributed by atoms with Crippen molar-refractivity contribution >= 4 is 5.91 Å². The summed E-state index contributed by atoms with van der Waals surface area (Å²) in [7, 11) is 0. The van der Waals surface area contributed by atoms with Gasteiger partial charge in [0.05, 0.1) is 12.0 Å². The SMILES string of the molecule is CCC(O)C1CNC1=O. The van der Waals surface area contributed by atoms with E-state index >= 15 is 0 Å². The smallest absolute Gasteiger partial charge is 0.227 e. The van der Waals surface area contributed by atoms with Crippen LogP contribution in [0.5, 0.6) is 0 Å². The maximum absolute atomic E-state index is 10.6. The summed E-state index contributed by atoms with van der Waals surface area (Å²) in [6, 6.07) is 0. The van der Waals surface area contributed by atoms with Crippen molar-refractivity contribution in [1.29, 1.82) is 0 Å². The fraction of sp³-hybridized carbons (Fsp3) is 0.833. The Morgan fingerprint density at radius 2 is 2.67 bits per heavy atom. The van der Waals surface area contributed by atoms with E-state index in [0.717, 1.165) is 0 Å². The topological polar surface area (TPSA) is 49.3 Å². The molecule has 0 saturated carbocycles. The number of carbonyl (C=O) groups is 1. The standard InChI is InChI=1S/C6H11NO2/c1-2-5(8)4-3-7-6(4)9/h4-5,8H,2-3H2,1H3,(H,7,9). The summed E-state index contributed by atoms with van der Waals surface area (Å²) in [5, 5.41) is 11.7. The lowest BCUT2D eigenvalue weighted by atomic mass is 9.94. The summed E-state index contributed by atoms with van der Waals surface area (Å²) in [6.45, 7) is 2.52. The molecule has 0 radical (unpaired) electrons. The van der Waals surface area contributed by atoms with E-state index in [0.29, 0.717) is 13.0 Å². The molecular formula is C6H11NO2. The maximum Gasteiger partial charge on any atom is 0.227 e. The molecule has 3 heteroatoms. The van der Waals surface area contributed by atoms with Crippen molar-refractivity contribution in [3.8, 4) is 0 Å². The van der Waals surface area contributed by atoms with Gasteiger partial charge in [-0.1, -0.05) is 6.92 Å². The van der Waals surface area contributed by atoms with E-state index < -0.39 is 6.10 Å². The Kier molecular flexibility index (Phi) is 1.71. The number of amides is 1. The van der Waals surface area contributed by atoms with Crippen LogP contribution in [0.3, 0.4) is 0 Å². The Balaban J connectivity index is 2.34. The lowest BCUT2D eigenvalue weighted by molar-refractivity contribution is -0.136. The second-order valence-electron chi connectivity index (χ2n) is 2.33. The molecule has 1 amide bonds. The number of aliphatic hydroxyl groups excluding tert-OH is 1.